The Morgan fingerprint density at radius 2 is 1.75 bits per heavy atom. The van der Waals surface area contributed by atoms with Crippen molar-refractivity contribution in [2.24, 2.45) is 5.92 Å². The van der Waals surface area contributed by atoms with Crippen LogP contribution in [0.5, 0.6) is 0 Å². The van der Waals surface area contributed by atoms with E-state index in [1.54, 1.807) is 11.0 Å². The predicted octanol–water partition coefficient (Wildman–Crippen LogP) is 3.00. The van der Waals surface area contributed by atoms with Gasteiger partial charge in [0.25, 0.3) is 5.91 Å². The summed E-state index contributed by atoms with van der Waals surface area (Å²) in [5, 5.41) is 0.172. The smallest absolute Gasteiger partial charge is 0.253 e. The zero-order valence-corrected chi connectivity index (χ0v) is 15.4. The average molecular weight is 371 g/mol. The van der Waals surface area contributed by atoms with Crippen molar-refractivity contribution in [3.63, 3.8) is 0 Å². The van der Waals surface area contributed by atoms with E-state index in [4.69, 9.17) is 11.6 Å². The van der Waals surface area contributed by atoms with Crippen molar-refractivity contribution in [2.75, 3.05) is 26.2 Å². The van der Waals surface area contributed by atoms with Crippen molar-refractivity contribution in [1.29, 1.82) is 0 Å². The molecule has 2 fully saturated rings. The zero-order chi connectivity index (χ0) is 17.3. The van der Waals surface area contributed by atoms with Gasteiger partial charge in [-0.15, -0.1) is 0 Å². The first kappa shape index (κ1) is 17.7. The lowest BCUT2D eigenvalue weighted by Gasteiger charge is -2.30. The van der Waals surface area contributed by atoms with E-state index >= 15 is 0 Å². The van der Waals surface area contributed by atoms with Crippen LogP contribution in [0.4, 0.5) is 0 Å². The highest BCUT2D eigenvalue weighted by atomic mass is 35.5. The highest BCUT2D eigenvalue weighted by Crippen LogP contribution is 2.29. The highest BCUT2D eigenvalue weighted by Gasteiger charge is 2.30. The summed E-state index contributed by atoms with van der Waals surface area (Å²) < 4.78 is 27.0. The summed E-state index contributed by atoms with van der Waals surface area (Å²) >= 11 is 6.14. The monoisotopic (exact) mass is 370 g/mol. The molecule has 0 aromatic heterocycles. The molecule has 0 bridgehead atoms. The Labute approximate surface area is 148 Å². The molecule has 1 aromatic carbocycles. The predicted molar refractivity (Wildman–Crippen MR) is 93.7 cm³/mol. The fraction of sp³-hybridized carbons (Fsp3) is 0.588. The summed E-state index contributed by atoms with van der Waals surface area (Å²) in [6.07, 6.45) is 3.69. The first-order valence-electron chi connectivity index (χ1n) is 8.48. The van der Waals surface area contributed by atoms with Gasteiger partial charge in [-0.2, -0.15) is 4.31 Å². The number of likely N-dealkylation sites (tertiary alicyclic amines) is 1. The summed E-state index contributed by atoms with van der Waals surface area (Å²) in [5.41, 5.74) is 0.395. The summed E-state index contributed by atoms with van der Waals surface area (Å²) in [6.45, 7) is 4.65. The summed E-state index contributed by atoms with van der Waals surface area (Å²) in [7, 11) is -3.63. The standard InChI is InChI=1S/C17H23ClN2O3S/c1-13-6-10-19(11-7-13)17(21)14-4-5-15(18)16(12-14)24(22,23)20-8-2-3-9-20/h4-5,12-13H,2-3,6-11H2,1H3. The van der Waals surface area contributed by atoms with Crippen LogP contribution in [0.2, 0.25) is 5.02 Å². The SMILES string of the molecule is CC1CCN(C(=O)c2ccc(Cl)c(S(=O)(=O)N3CCCC3)c2)CC1. The van der Waals surface area contributed by atoms with E-state index in [9.17, 15) is 13.2 Å². The second-order valence-corrected chi connectivity index (χ2v) is 9.04. The molecule has 2 heterocycles. The third-order valence-corrected chi connectivity index (χ3v) is 7.31. The van der Waals surface area contributed by atoms with Crippen molar-refractivity contribution in [3.05, 3.63) is 28.8 Å². The number of hydrogen-bond acceptors (Lipinski definition) is 3. The molecular formula is C17H23ClN2O3S. The summed E-state index contributed by atoms with van der Waals surface area (Å²) in [4.78, 5) is 14.5. The molecule has 0 unspecified atom stereocenters. The average Bonchev–Trinajstić information content (AvgIpc) is 3.10. The van der Waals surface area contributed by atoms with Crippen LogP contribution in [0.1, 0.15) is 43.0 Å². The van der Waals surface area contributed by atoms with Gasteiger partial charge in [0.1, 0.15) is 4.90 Å². The van der Waals surface area contributed by atoms with Crippen LogP contribution in [-0.4, -0.2) is 49.7 Å². The zero-order valence-electron chi connectivity index (χ0n) is 13.9. The molecular weight excluding hydrogens is 348 g/mol. The van der Waals surface area contributed by atoms with Crippen molar-refractivity contribution < 1.29 is 13.2 Å². The van der Waals surface area contributed by atoms with E-state index in [0.29, 0.717) is 24.6 Å². The number of hydrogen-bond donors (Lipinski definition) is 0. The number of piperidine rings is 1. The Bertz CT molecular complexity index is 721. The lowest BCUT2D eigenvalue weighted by molar-refractivity contribution is 0.0697. The second-order valence-electron chi connectivity index (χ2n) is 6.73. The van der Waals surface area contributed by atoms with E-state index in [0.717, 1.165) is 38.8 Å². The molecule has 5 nitrogen and oxygen atoms in total. The Kier molecular flexibility index (Phi) is 5.18. The lowest BCUT2D eigenvalue weighted by atomic mass is 9.98. The van der Waals surface area contributed by atoms with Crippen LogP contribution >= 0.6 is 11.6 Å². The van der Waals surface area contributed by atoms with Crippen molar-refractivity contribution in [2.45, 2.75) is 37.5 Å². The van der Waals surface area contributed by atoms with Crippen LogP contribution in [0.3, 0.4) is 0 Å². The molecule has 24 heavy (non-hydrogen) atoms. The van der Waals surface area contributed by atoms with Crippen LogP contribution in [-0.2, 0) is 10.0 Å². The van der Waals surface area contributed by atoms with Gasteiger partial charge in [-0.3, -0.25) is 4.79 Å². The van der Waals surface area contributed by atoms with Crippen molar-refractivity contribution in [3.8, 4) is 0 Å². The number of rotatable bonds is 3. The molecule has 0 spiro atoms. The summed E-state index contributed by atoms with van der Waals surface area (Å²) in [6, 6.07) is 4.58. The fourth-order valence-corrected chi connectivity index (χ4v) is 5.31. The number of carbonyl (C=O) groups excluding carboxylic acids is 1. The van der Waals surface area contributed by atoms with Crippen molar-refractivity contribution in [1.82, 2.24) is 9.21 Å². The minimum atomic E-state index is -3.63. The van der Waals surface area contributed by atoms with E-state index in [1.807, 2.05) is 0 Å². The van der Waals surface area contributed by atoms with Gasteiger partial charge >= 0.3 is 0 Å². The lowest BCUT2D eigenvalue weighted by Crippen LogP contribution is -2.38. The van der Waals surface area contributed by atoms with Gasteiger partial charge in [0.15, 0.2) is 0 Å². The van der Waals surface area contributed by atoms with Crippen LogP contribution in [0.25, 0.3) is 0 Å². The fourth-order valence-electron chi connectivity index (χ4n) is 3.30. The molecule has 0 aliphatic carbocycles. The first-order valence-corrected chi connectivity index (χ1v) is 10.3. The van der Waals surface area contributed by atoms with Gasteiger partial charge in [-0.25, -0.2) is 8.42 Å². The highest BCUT2D eigenvalue weighted by molar-refractivity contribution is 7.89. The maximum Gasteiger partial charge on any atom is 0.253 e. The number of nitrogens with zero attached hydrogens (tertiary/aromatic N) is 2. The second kappa shape index (κ2) is 7.02. The van der Waals surface area contributed by atoms with Gasteiger partial charge in [-0.1, -0.05) is 18.5 Å². The Hall–Kier alpha value is -1.11. The third-order valence-electron chi connectivity index (χ3n) is 4.93. The maximum atomic E-state index is 12.8. The molecule has 0 radical (unpaired) electrons. The van der Waals surface area contributed by atoms with E-state index in [1.165, 1.54) is 16.4 Å². The molecule has 0 atom stereocenters. The van der Waals surface area contributed by atoms with E-state index in [2.05, 4.69) is 6.92 Å². The number of amides is 1. The Morgan fingerprint density at radius 3 is 2.38 bits per heavy atom. The Morgan fingerprint density at radius 1 is 1.12 bits per heavy atom. The number of sulfonamides is 1. The molecule has 3 rings (SSSR count). The van der Waals surface area contributed by atoms with E-state index < -0.39 is 10.0 Å². The number of halogens is 1. The van der Waals surface area contributed by atoms with Gasteiger partial charge in [0, 0.05) is 31.7 Å². The molecule has 1 amide bonds. The van der Waals surface area contributed by atoms with Crippen LogP contribution in [0.15, 0.2) is 23.1 Å². The molecule has 2 aliphatic rings. The van der Waals surface area contributed by atoms with Crippen LogP contribution in [0, 0.1) is 5.92 Å². The summed E-state index contributed by atoms with van der Waals surface area (Å²) in [5.74, 6) is 0.516. The quantitative estimate of drug-likeness (QED) is 0.821. The molecule has 0 N–H and O–H groups in total. The van der Waals surface area contributed by atoms with E-state index in [-0.39, 0.29) is 15.8 Å². The molecule has 2 saturated heterocycles. The maximum absolute atomic E-state index is 12.8. The number of benzene rings is 1. The minimum absolute atomic E-state index is 0.0438. The molecule has 0 saturated carbocycles. The third kappa shape index (κ3) is 3.46. The normalized spacial score (nSPS) is 20.5. The van der Waals surface area contributed by atoms with Crippen LogP contribution < -0.4 is 0 Å². The van der Waals surface area contributed by atoms with Crippen molar-refractivity contribution >= 4 is 27.5 Å². The van der Waals surface area contributed by atoms with Gasteiger partial charge in [0.2, 0.25) is 10.0 Å². The molecule has 132 valence electrons. The molecule has 7 heteroatoms. The largest absolute Gasteiger partial charge is 0.339 e. The minimum Gasteiger partial charge on any atom is -0.339 e. The Balaban J connectivity index is 1.87. The van der Waals surface area contributed by atoms with Gasteiger partial charge < -0.3 is 4.90 Å². The van der Waals surface area contributed by atoms with Gasteiger partial charge in [-0.05, 0) is 49.8 Å². The topological polar surface area (TPSA) is 57.7 Å². The first-order chi connectivity index (χ1) is 11.4. The van der Waals surface area contributed by atoms with Gasteiger partial charge in [0.05, 0.1) is 5.02 Å². The molecule has 2 aliphatic heterocycles. The molecule has 1 aromatic rings. The number of carbonyl (C=O) groups is 1.